The van der Waals surface area contributed by atoms with Gasteiger partial charge in [-0.25, -0.2) is 4.79 Å². The van der Waals surface area contributed by atoms with Crippen molar-refractivity contribution in [1.29, 1.82) is 0 Å². The molecule has 1 aromatic heterocycles. The average molecular weight is 527 g/mol. The van der Waals surface area contributed by atoms with Crippen LogP contribution < -0.4 is 10.8 Å². The molecule has 0 amide bonds. The minimum absolute atomic E-state index is 0.0564. The van der Waals surface area contributed by atoms with Crippen molar-refractivity contribution in [3.05, 3.63) is 56.4 Å². The molecule has 0 spiro atoms. The number of carboxylic acids is 1. The van der Waals surface area contributed by atoms with E-state index >= 15 is 0 Å². The number of carbonyl (C=O) groups is 1. The van der Waals surface area contributed by atoms with Gasteiger partial charge in [0.2, 0.25) is 0 Å². The summed E-state index contributed by atoms with van der Waals surface area (Å²) in [6.07, 6.45) is 5.60. The molecule has 0 atom stereocenters. The third-order valence-corrected chi connectivity index (χ3v) is 5.20. The van der Waals surface area contributed by atoms with Crippen molar-refractivity contribution in [1.82, 2.24) is 15.4 Å². The van der Waals surface area contributed by atoms with Crippen molar-refractivity contribution in [2.75, 3.05) is 12.4 Å². The van der Waals surface area contributed by atoms with Crippen LogP contribution in [0.15, 0.2) is 36.7 Å². The Bertz CT molecular complexity index is 1040. The Balaban J connectivity index is 0.000000343. The SMILES string of the molecule is CONC1CC1.Cc1cc(I)ccc1Nc1c(C(=O)O)cc(Cl)c2nccnc12. The molecule has 29 heavy (non-hydrogen) atoms. The molecule has 9 heteroatoms. The van der Waals surface area contributed by atoms with E-state index in [-0.39, 0.29) is 10.6 Å². The number of halogens is 2. The van der Waals surface area contributed by atoms with Crippen LogP contribution in [0.5, 0.6) is 0 Å². The smallest absolute Gasteiger partial charge is 0.337 e. The Morgan fingerprint density at radius 1 is 1.24 bits per heavy atom. The van der Waals surface area contributed by atoms with Gasteiger partial charge in [-0.2, -0.15) is 5.48 Å². The number of aromatic carboxylic acids is 1. The minimum atomic E-state index is -1.08. The zero-order valence-corrected chi connectivity index (χ0v) is 18.8. The Hall–Kier alpha value is -2.01. The van der Waals surface area contributed by atoms with E-state index < -0.39 is 5.97 Å². The lowest BCUT2D eigenvalue weighted by Crippen LogP contribution is -2.12. The number of carboxylic acid groups (broad SMARTS) is 1. The molecule has 1 heterocycles. The van der Waals surface area contributed by atoms with Gasteiger partial charge in [0, 0.05) is 27.7 Å². The second-order valence-corrected chi connectivity index (χ2v) is 8.17. The highest BCUT2D eigenvalue weighted by Crippen LogP contribution is 2.34. The van der Waals surface area contributed by atoms with Crippen molar-refractivity contribution in [2.24, 2.45) is 0 Å². The fraction of sp³-hybridized carbons (Fsp3) is 0.250. The highest BCUT2D eigenvalue weighted by Gasteiger charge is 2.20. The van der Waals surface area contributed by atoms with E-state index in [4.69, 9.17) is 11.6 Å². The zero-order valence-electron chi connectivity index (χ0n) is 15.9. The molecule has 2 aromatic carbocycles. The van der Waals surface area contributed by atoms with Crippen molar-refractivity contribution in [3.8, 4) is 0 Å². The van der Waals surface area contributed by atoms with E-state index in [1.807, 2.05) is 25.1 Å². The largest absolute Gasteiger partial charge is 0.478 e. The maximum Gasteiger partial charge on any atom is 0.337 e. The first kappa shape index (κ1) is 21.7. The number of benzene rings is 2. The lowest BCUT2D eigenvalue weighted by Gasteiger charge is -2.15. The van der Waals surface area contributed by atoms with Crippen LogP contribution in [0.1, 0.15) is 28.8 Å². The summed E-state index contributed by atoms with van der Waals surface area (Å²) in [5, 5.41) is 12.9. The second kappa shape index (κ2) is 9.66. The first-order valence-electron chi connectivity index (χ1n) is 8.89. The molecule has 0 unspecified atom stereocenters. The molecule has 3 aromatic rings. The Kier molecular flexibility index (Phi) is 7.23. The fourth-order valence-corrected chi connectivity index (χ4v) is 3.55. The van der Waals surface area contributed by atoms with Crippen molar-refractivity contribution < 1.29 is 14.7 Å². The highest BCUT2D eigenvalue weighted by atomic mass is 127. The standard InChI is InChI=1S/C16H11ClIN3O2.C4H9NO/c1-8-6-9(18)2-3-12(8)21-13-10(16(22)23)7-11(17)14-15(13)20-5-4-19-14;1-6-5-4-2-3-4/h2-7,21H,1H3,(H,22,23);4-5H,2-3H2,1H3. The summed E-state index contributed by atoms with van der Waals surface area (Å²) in [6.45, 7) is 1.95. The molecule has 0 aliphatic heterocycles. The van der Waals surface area contributed by atoms with E-state index in [1.165, 1.54) is 31.3 Å². The van der Waals surface area contributed by atoms with Gasteiger partial charge in [-0.1, -0.05) is 11.6 Å². The summed E-state index contributed by atoms with van der Waals surface area (Å²) < 4.78 is 1.10. The summed E-state index contributed by atoms with van der Waals surface area (Å²) in [6, 6.07) is 7.92. The molecule has 1 aliphatic rings. The number of nitrogens with one attached hydrogen (secondary N) is 2. The molecule has 7 nitrogen and oxygen atoms in total. The van der Waals surface area contributed by atoms with Crippen LogP contribution in [0.2, 0.25) is 5.02 Å². The minimum Gasteiger partial charge on any atom is -0.478 e. The number of rotatable bonds is 5. The molecule has 0 bridgehead atoms. The first-order valence-corrected chi connectivity index (χ1v) is 10.3. The number of aryl methyl sites for hydroxylation is 1. The van der Waals surface area contributed by atoms with E-state index in [0.29, 0.717) is 22.8 Å². The van der Waals surface area contributed by atoms with Crippen molar-refractivity contribution >= 4 is 62.6 Å². The van der Waals surface area contributed by atoms with Crippen LogP contribution >= 0.6 is 34.2 Å². The number of hydrogen-bond donors (Lipinski definition) is 3. The second-order valence-electron chi connectivity index (χ2n) is 6.52. The number of aromatic nitrogens is 2. The highest BCUT2D eigenvalue weighted by molar-refractivity contribution is 14.1. The monoisotopic (exact) mass is 526 g/mol. The third-order valence-electron chi connectivity index (χ3n) is 4.24. The average Bonchev–Trinajstić information content (AvgIpc) is 3.50. The lowest BCUT2D eigenvalue weighted by atomic mass is 10.1. The lowest BCUT2D eigenvalue weighted by molar-refractivity contribution is 0.0698. The van der Waals surface area contributed by atoms with Crippen LogP contribution in [0.4, 0.5) is 11.4 Å². The molecule has 3 N–H and O–H groups in total. The van der Waals surface area contributed by atoms with Crippen LogP contribution in [-0.4, -0.2) is 34.2 Å². The first-order chi connectivity index (χ1) is 13.9. The maximum absolute atomic E-state index is 11.6. The predicted octanol–water partition coefficient (Wildman–Crippen LogP) is 4.94. The van der Waals surface area contributed by atoms with Crippen LogP contribution in [-0.2, 0) is 4.84 Å². The summed E-state index contributed by atoms with van der Waals surface area (Å²) in [4.78, 5) is 24.7. The van der Waals surface area contributed by atoms with Gasteiger partial charge in [0.25, 0.3) is 0 Å². The molecule has 0 saturated heterocycles. The summed E-state index contributed by atoms with van der Waals surface area (Å²) in [7, 11) is 1.65. The molecule has 152 valence electrons. The maximum atomic E-state index is 11.6. The zero-order chi connectivity index (χ0) is 21.0. The van der Waals surface area contributed by atoms with Crippen LogP contribution in [0.25, 0.3) is 11.0 Å². The van der Waals surface area contributed by atoms with Gasteiger partial charge in [-0.3, -0.25) is 9.97 Å². The number of hydrogen-bond acceptors (Lipinski definition) is 6. The van der Waals surface area contributed by atoms with Gasteiger partial charge in [0.15, 0.2) is 0 Å². The third kappa shape index (κ3) is 5.53. The Labute approximate surface area is 186 Å². The van der Waals surface area contributed by atoms with Gasteiger partial charge in [-0.05, 0) is 72.2 Å². The van der Waals surface area contributed by atoms with Crippen molar-refractivity contribution in [2.45, 2.75) is 25.8 Å². The van der Waals surface area contributed by atoms with E-state index in [9.17, 15) is 9.90 Å². The Morgan fingerprint density at radius 3 is 2.48 bits per heavy atom. The summed E-state index contributed by atoms with van der Waals surface area (Å²) in [5.74, 6) is -1.08. The molecule has 1 aliphatic carbocycles. The number of hydroxylamine groups is 1. The Morgan fingerprint density at radius 2 is 1.93 bits per heavy atom. The van der Waals surface area contributed by atoms with E-state index in [1.54, 1.807) is 7.11 Å². The van der Waals surface area contributed by atoms with Gasteiger partial charge in [-0.15, -0.1) is 0 Å². The normalized spacial score (nSPS) is 13.0. The fourth-order valence-electron chi connectivity index (χ4n) is 2.66. The molecule has 4 rings (SSSR count). The molecule has 1 fully saturated rings. The van der Waals surface area contributed by atoms with Crippen molar-refractivity contribution in [3.63, 3.8) is 0 Å². The van der Waals surface area contributed by atoms with E-state index in [2.05, 4.69) is 48.2 Å². The number of anilines is 2. The van der Waals surface area contributed by atoms with Gasteiger partial charge >= 0.3 is 5.97 Å². The molecular formula is C20H20ClIN4O3. The molecular weight excluding hydrogens is 507 g/mol. The topological polar surface area (TPSA) is 96.4 Å². The summed E-state index contributed by atoms with van der Waals surface area (Å²) >= 11 is 8.37. The number of fused-ring (bicyclic) bond motifs is 1. The number of nitrogens with zero attached hydrogens (tertiary/aromatic N) is 2. The van der Waals surface area contributed by atoms with E-state index in [0.717, 1.165) is 14.8 Å². The summed E-state index contributed by atoms with van der Waals surface area (Å²) in [5.41, 5.74) is 5.96. The molecule has 0 radical (unpaired) electrons. The predicted molar refractivity (Wildman–Crippen MR) is 122 cm³/mol. The van der Waals surface area contributed by atoms with Crippen LogP contribution in [0.3, 0.4) is 0 Å². The van der Waals surface area contributed by atoms with Gasteiger partial charge in [0.05, 0.1) is 23.4 Å². The van der Waals surface area contributed by atoms with Gasteiger partial charge < -0.3 is 15.3 Å². The van der Waals surface area contributed by atoms with Crippen LogP contribution in [0, 0.1) is 10.5 Å². The molecule has 1 saturated carbocycles. The van der Waals surface area contributed by atoms with Gasteiger partial charge in [0.1, 0.15) is 11.0 Å². The quantitative estimate of drug-likeness (QED) is 0.320.